The monoisotopic (exact) mass is 557 g/mol. The Morgan fingerprint density at radius 3 is 2.41 bits per heavy atom. The predicted octanol–water partition coefficient (Wildman–Crippen LogP) is 4.51. The van der Waals surface area contributed by atoms with Crippen molar-refractivity contribution in [1.29, 1.82) is 0 Å². The molecule has 2 N–H and O–H groups in total. The fraction of sp³-hybridized carbons (Fsp3) is 0.286. The molecule has 0 saturated carbocycles. The van der Waals surface area contributed by atoms with Crippen molar-refractivity contribution >= 4 is 26.6 Å². The highest BCUT2D eigenvalue weighted by Crippen LogP contribution is 2.25. The zero-order chi connectivity index (χ0) is 28.2. The number of amides is 1. The number of ether oxygens (including phenoxy) is 1. The first-order chi connectivity index (χ1) is 18.6. The zero-order valence-electron chi connectivity index (χ0n) is 21.5. The van der Waals surface area contributed by atoms with Gasteiger partial charge in [0.1, 0.15) is 5.75 Å². The zero-order valence-corrected chi connectivity index (χ0v) is 22.3. The molecule has 39 heavy (non-hydrogen) atoms. The molecule has 1 atom stereocenters. The van der Waals surface area contributed by atoms with Gasteiger partial charge in [-0.25, -0.2) is 8.42 Å². The number of nitrogens with zero attached hydrogens (tertiary/aromatic N) is 2. The number of nitrogens with one attached hydrogen (secondary N) is 1. The smallest absolute Gasteiger partial charge is 0.387 e. The maximum Gasteiger partial charge on any atom is 0.387 e. The fourth-order valence-corrected chi connectivity index (χ4v) is 5.21. The summed E-state index contributed by atoms with van der Waals surface area (Å²) in [6.45, 7) is 0.954. The maximum absolute atomic E-state index is 13.0. The number of fused-ring (bicyclic) bond motifs is 1. The molecule has 2 heterocycles. The summed E-state index contributed by atoms with van der Waals surface area (Å²) in [6, 6.07) is 15.9. The SMILES string of the molecule is CCn1c(Cc2ccc(OC(F)F)cc2)cc2cc(C(=O)N[C@@H](CO)c3ccc(S(=O)(=O)CC)cn3)ccc21. The molecule has 0 radical (unpaired) electrons. The standard InChI is InChI=1S/C28H29F2N3O5S/c1-3-33-21(13-18-5-8-22(9-6-18)38-28(29)30)15-20-14-19(7-12-26(20)33)27(35)32-25(17-34)24-11-10-23(16-31-24)39(36,37)4-2/h5-12,14-16,25,28,34H,3-4,13,17H2,1-2H3,(H,32,35)/t25-/m0/s1. The number of hydrogen-bond donors (Lipinski definition) is 2. The minimum atomic E-state index is -3.41. The third-order valence-corrected chi connectivity index (χ3v) is 8.16. The van der Waals surface area contributed by atoms with Crippen LogP contribution in [0, 0.1) is 0 Å². The molecule has 8 nitrogen and oxygen atoms in total. The Balaban J connectivity index is 1.53. The second-order valence-electron chi connectivity index (χ2n) is 8.88. The molecule has 2 aromatic carbocycles. The Hall–Kier alpha value is -3.83. The van der Waals surface area contributed by atoms with E-state index in [9.17, 15) is 27.1 Å². The van der Waals surface area contributed by atoms with Gasteiger partial charge in [0, 0.05) is 41.3 Å². The van der Waals surface area contributed by atoms with Gasteiger partial charge in [0.15, 0.2) is 9.84 Å². The number of hydrogen-bond acceptors (Lipinski definition) is 6. The van der Waals surface area contributed by atoms with Gasteiger partial charge in [-0.05, 0) is 61.0 Å². The van der Waals surface area contributed by atoms with Gasteiger partial charge in [-0.1, -0.05) is 19.1 Å². The number of pyridine rings is 1. The van der Waals surface area contributed by atoms with Crippen LogP contribution in [-0.4, -0.2) is 48.0 Å². The number of carbonyl (C=O) groups is 1. The van der Waals surface area contributed by atoms with Gasteiger partial charge in [-0.3, -0.25) is 9.78 Å². The lowest BCUT2D eigenvalue weighted by atomic mass is 10.1. The largest absolute Gasteiger partial charge is 0.435 e. The van der Waals surface area contributed by atoms with E-state index >= 15 is 0 Å². The molecule has 0 saturated heterocycles. The van der Waals surface area contributed by atoms with E-state index in [1.165, 1.54) is 30.5 Å². The van der Waals surface area contributed by atoms with Crippen LogP contribution in [0.5, 0.6) is 5.75 Å². The van der Waals surface area contributed by atoms with Crippen molar-refractivity contribution in [3.05, 3.63) is 89.4 Å². The van der Waals surface area contributed by atoms with Crippen molar-refractivity contribution in [1.82, 2.24) is 14.9 Å². The Labute approximate surface area is 225 Å². The van der Waals surface area contributed by atoms with E-state index in [1.54, 1.807) is 31.2 Å². The van der Waals surface area contributed by atoms with E-state index in [0.29, 0.717) is 24.2 Å². The highest BCUT2D eigenvalue weighted by Gasteiger charge is 2.19. The summed E-state index contributed by atoms with van der Waals surface area (Å²) in [5.74, 6) is -0.372. The van der Waals surface area contributed by atoms with E-state index in [1.807, 2.05) is 19.1 Å². The quantitative estimate of drug-likeness (QED) is 0.281. The Kier molecular flexibility index (Phi) is 8.61. The summed E-state index contributed by atoms with van der Waals surface area (Å²) in [5.41, 5.74) is 3.58. The van der Waals surface area contributed by atoms with Crippen molar-refractivity contribution in [2.75, 3.05) is 12.4 Å². The summed E-state index contributed by atoms with van der Waals surface area (Å²) < 4.78 is 55.4. The van der Waals surface area contributed by atoms with Crippen LogP contribution in [-0.2, 0) is 22.8 Å². The number of aliphatic hydroxyl groups excluding tert-OH is 1. The molecule has 0 unspecified atom stereocenters. The second kappa shape index (κ2) is 11.9. The minimum absolute atomic E-state index is 0.0549. The number of aromatic nitrogens is 2. The predicted molar refractivity (Wildman–Crippen MR) is 143 cm³/mol. The first kappa shape index (κ1) is 28.2. The second-order valence-corrected chi connectivity index (χ2v) is 11.2. The van der Waals surface area contributed by atoms with Crippen LogP contribution < -0.4 is 10.1 Å². The third-order valence-electron chi connectivity index (χ3n) is 6.44. The number of sulfone groups is 1. The molecule has 1 amide bonds. The molecule has 0 bridgehead atoms. The molecule has 0 spiro atoms. The van der Waals surface area contributed by atoms with Crippen molar-refractivity contribution in [3.8, 4) is 5.75 Å². The summed E-state index contributed by atoms with van der Waals surface area (Å²) in [5, 5.41) is 13.5. The molecular formula is C28H29F2N3O5S. The summed E-state index contributed by atoms with van der Waals surface area (Å²) in [7, 11) is -3.41. The number of halogens is 2. The van der Waals surface area contributed by atoms with Gasteiger partial charge in [-0.15, -0.1) is 0 Å². The number of aryl methyl sites for hydroxylation is 1. The van der Waals surface area contributed by atoms with Crippen LogP contribution >= 0.6 is 0 Å². The highest BCUT2D eigenvalue weighted by atomic mass is 32.2. The first-order valence-electron chi connectivity index (χ1n) is 12.4. The molecule has 0 fully saturated rings. The number of carbonyl (C=O) groups excluding carboxylic acids is 1. The van der Waals surface area contributed by atoms with Crippen LogP contribution in [0.3, 0.4) is 0 Å². The molecule has 11 heteroatoms. The van der Waals surface area contributed by atoms with Gasteiger partial charge >= 0.3 is 6.61 Å². The molecule has 206 valence electrons. The molecule has 0 aliphatic rings. The normalized spacial score (nSPS) is 12.6. The molecule has 0 aliphatic carbocycles. The Morgan fingerprint density at radius 2 is 1.82 bits per heavy atom. The Bertz CT molecular complexity index is 1550. The van der Waals surface area contributed by atoms with Crippen molar-refractivity contribution in [2.24, 2.45) is 0 Å². The molecule has 0 aliphatic heterocycles. The van der Waals surface area contributed by atoms with Crippen LogP contribution in [0.25, 0.3) is 10.9 Å². The lowest BCUT2D eigenvalue weighted by molar-refractivity contribution is -0.0498. The number of alkyl halides is 2. The van der Waals surface area contributed by atoms with Gasteiger partial charge in [0.25, 0.3) is 5.91 Å². The lowest BCUT2D eigenvalue weighted by Gasteiger charge is -2.16. The average Bonchev–Trinajstić information content (AvgIpc) is 3.28. The highest BCUT2D eigenvalue weighted by molar-refractivity contribution is 7.91. The van der Waals surface area contributed by atoms with Crippen LogP contribution in [0.4, 0.5) is 8.78 Å². The fourth-order valence-electron chi connectivity index (χ4n) is 4.39. The molecular weight excluding hydrogens is 528 g/mol. The van der Waals surface area contributed by atoms with Crippen molar-refractivity contribution < 1.29 is 31.8 Å². The number of aliphatic hydroxyl groups is 1. The topological polar surface area (TPSA) is 111 Å². The van der Waals surface area contributed by atoms with Crippen LogP contribution in [0.1, 0.15) is 47.2 Å². The van der Waals surface area contributed by atoms with E-state index in [0.717, 1.165) is 22.2 Å². The number of benzene rings is 2. The summed E-state index contributed by atoms with van der Waals surface area (Å²) >= 11 is 0. The molecule has 2 aromatic heterocycles. The number of rotatable bonds is 11. The molecule has 4 rings (SSSR count). The summed E-state index contributed by atoms with van der Waals surface area (Å²) in [6.07, 6.45) is 1.78. The third kappa shape index (κ3) is 6.43. The maximum atomic E-state index is 13.0. The first-order valence-corrected chi connectivity index (χ1v) is 14.1. The van der Waals surface area contributed by atoms with Crippen molar-refractivity contribution in [2.45, 2.75) is 44.4 Å². The van der Waals surface area contributed by atoms with Crippen LogP contribution in [0.15, 0.2) is 71.8 Å². The van der Waals surface area contributed by atoms with Crippen molar-refractivity contribution in [3.63, 3.8) is 0 Å². The van der Waals surface area contributed by atoms with Crippen LogP contribution in [0.2, 0.25) is 0 Å². The van der Waals surface area contributed by atoms with Gasteiger partial charge in [0.05, 0.1) is 29.0 Å². The lowest BCUT2D eigenvalue weighted by Crippen LogP contribution is -2.31. The average molecular weight is 558 g/mol. The summed E-state index contributed by atoms with van der Waals surface area (Å²) in [4.78, 5) is 17.3. The van der Waals surface area contributed by atoms with E-state index < -0.39 is 35.0 Å². The van der Waals surface area contributed by atoms with Gasteiger partial charge in [0.2, 0.25) is 0 Å². The van der Waals surface area contributed by atoms with E-state index in [4.69, 9.17) is 0 Å². The van der Waals surface area contributed by atoms with Gasteiger partial charge in [-0.2, -0.15) is 8.78 Å². The van der Waals surface area contributed by atoms with Gasteiger partial charge < -0.3 is 19.7 Å². The van der Waals surface area contributed by atoms with E-state index in [-0.39, 0.29) is 16.4 Å². The van der Waals surface area contributed by atoms with E-state index in [2.05, 4.69) is 19.6 Å². The minimum Gasteiger partial charge on any atom is -0.435 e. The Morgan fingerprint density at radius 1 is 1.08 bits per heavy atom. The molecule has 4 aromatic rings.